The molecule has 0 radical (unpaired) electrons. The molecule has 0 bridgehead atoms. The molecule has 48 heavy (non-hydrogen) atoms. The topological polar surface area (TPSA) is 68.3 Å². The van der Waals surface area contributed by atoms with Gasteiger partial charge < -0.3 is 0 Å². The molecule has 2 aliphatic rings. The minimum Gasteiger partial charge on any atom is -0.219 e. The SMILES string of the molecule is O=S1(=O)c2ccccc2B(c2ccc3ccc4c(B5c6ccccc6S(=O)(=O)c6ccccc65)ccc5ccc2c3c54)c2ccccc21. The predicted octanol–water partition coefficient (Wildman–Crippen LogP) is 3.91. The Labute approximate surface area is 279 Å². The first-order chi connectivity index (χ1) is 23.4. The zero-order chi connectivity index (χ0) is 32.4. The lowest BCUT2D eigenvalue weighted by Gasteiger charge is -2.29. The van der Waals surface area contributed by atoms with Crippen molar-refractivity contribution in [1.29, 1.82) is 0 Å². The first-order valence-electron chi connectivity index (χ1n) is 15.9. The Kier molecular flexibility index (Phi) is 5.63. The third-order valence-corrected chi connectivity index (χ3v) is 14.2. The summed E-state index contributed by atoms with van der Waals surface area (Å²) in [7, 11) is -7.33. The van der Waals surface area contributed by atoms with Gasteiger partial charge in [0, 0.05) is 0 Å². The summed E-state index contributed by atoms with van der Waals surface area (Å²) in [5, 5.41) is 6.59. The summed E-state index contributed by atoms with van der Waals surface area (Å²) in [6.45, 7) is -0.542. The summed E-state index contributed by atoms with van der Waals surface area (Å²) in [5.74, 6) is 0. The fourth-order valence-corrected chi connectivity index (χ4v) is 11.9. The van der Waals surface area contributed by atoms with Gasteiger partial charge in [-0.25, -0.2) is 16.8 Å². The van der Waals surface area contributed by atoms with Crippen LogP contribution in [0.4, 0.5) is 0 Å². The molecule has 0 spiro atoms. The van der Waals surface area contributed by atoms with E-state index in [2.05, 4.69) is 48.5 Å². The molecule has 0 atom stereocenters. The number of hydrogen-bond donors (Lipinski definition) is 0. The Hall–Kier alpha value is -5.17. The Morgan fingerprint density at radius 2 is 0.604 bits per heavy atom. The van der Waals surface area contributed by atoms with E-state index in [1.54, 1.807) is 48.5 Å². The van der Waals surface area contributed by atoms with Crippen LogP contribution in [0, 0.1) is 0 Å². The van der Waals surface area contributed by atoms with Crippen LogP contribution in [0.1, 0.15) is 0 Å². The highest BCUT2D eigenvalue weighted by Gasteiger charge is 2.41. The van der Waals surface area contributed by atoms with Crippen LogP contribution in [0.25, 0.3) is 32.3 Å². The highest BCUT2D eigenvalue weighted by molar-refractivity contribution is 7.92. The van der Waals surface area contributed by atoms with E-state index in [1.807, 2.05) is 48.5 Å². The van der Waals surface area contributed by atoms with E-state index in [0.717, 1.165) is 65.1 Å². The number of sulfone groups is 2. The molecule has 8 aromatic carbocycles. The second kappa shape index (κ2) is 9.69. The summed E-state index contributed by atoms with van der Waals surface area (Å²) >= 11 is 0. The van der Waals surface area contributed by atoms with Crippen LogP contribution >= 0.6 is 0 Å². The van der Waals surface area contributed by atoms with Crippen LogP contribution in [0.15, 0.2) is 165 Å². The molecule has 2 heterocycles. The standard InChI is InChI=1S/C40H24B2O4S2/c43-47(44)35-13-5-1-9-31(35)41(32-10-2-6-14-36(32)47)29-23-19-25-18-22-28-30(24-20-26-17-21-27(29)39(25)40(26)28)42-33-11-3-7-15-37(33)48(45,46)38-16-8-4-12-34(38)42/h1-24H. The van der Waals surface area contributed by atoms with Crippen molar-refractivity contribution in [2.24, 2.45) is 0 Å². The van der Waals surface area contributed by atoms with Crippen LogP contribution in [-0.4, -0.2) is 30.3 Å². The third-order valence-electron chi connectivity index (χ3n) is 10.4. The molecule has 10 rings (SSSR count). The molecule has 0 saturated carbocycles. The highest BCUT2D eigenvalue weighted by atomic mass is 32.2. The second-order valence-corrected chi connectivity index (χ2v) is 16.5. The maximum absolute atomic E-state index is 13.8. The van der Waals surface area contributed by atoms with Gasteiger partial charge in [0.05, 0.1) is 19.6 Å². The average molecular weight is 654 g/mol. The molecular weight excluding hydrogens is 630 g/mol. The number of benzene rings is 8. The van der Waals surface area contributed by atoms with Crippen molar-refractivity contribution in [3.8, 4) is 0 Å². The van der Waals surface area contributed by atoms with Crippen LogP contribution in [0.5, 0.6) is 0 Å². The lowest BCUT2D eigenvalue weighted by Crippen LogP contribution is -2.58. The van der Waals surface area contributed by atoms with Crippen LogP contribution in [0.2, 0.25) is 0 Å². The van der Waals surface area contributed by atoms with Crippen LogP contribution in [0.3, 0.4) is 0 Å². The Morgan fingerprint density at radius 1 is 0.312 bits per heavy atom. The van der Waals surface area contributed by atoms with Crippen molar-refractivity contribution in [3.63, 3.8) is 0 Å². The lowest BCUT2D eigenvalue weighted by molar-refractivity contribution is 0.595. The average Bonchev–Trinajstić information content (AvgIpc) is 3.12. The first kappa shape index (κ1) is 27.9. The molecule has 0 aromatic heterocycles. The fourth-order valence-electron chi connectivity index (χ4n) is 8.45. The van der Waals surface area contributed by atoms with E-state index >= 15 is 0 Å². The molecule has 0 amide bonds. The van der Waals surface area contributed by atoms with Gasteiger partial charge in [-0.05, 0) is 78.4 Å². The van der Waals surface area contributed by atoms with Gasteiger partial charge in [-0.2, -0.15) is 0 Å². The number of rotatable bonds is 2. The van der Waals surface area contributed by atoms with Gasteiger partial charge in [0.25, 0.3) is 0 Å². The minimum absolute atomic E-state index is 0.271. The van der Waals surface area contributed by atoms with E-state index in [1.165, 1.54) is 0 Å². The van der Waals surface area contributed by atoms with E-state index in [9.17, 15) is 16.8 Å². The zero-order valence-corrected chi connectivity index (χ0v) is 27.1. The summed E-state index contributed by atoms with van der Waals surface area (Å²) in [6, 6.07) is 46.7. The molecule has 2 aliphatic heterocycles. The quantitative estimate of drug-likeness (QED) is 0.210. The van der Waals surface area contributed by atoms with E-state index < -0.39 is 19.7 Å². The normalized spacial score (nSPS) is 15.7. The van der Waals surface area contributed by atoms with Crippen molar-refractivity contribution < 1.29 is 16.8 Å². The zero-order valence-electron chi connectivity index (χ0n) is 25.5. The molecule has 4 nitrogen and oxygen atoms in total. The molecule has 0 aliphatic carbocycles. The summed E-state index contributed by atoms with van der Waals surface area (Å²) in [5.41, 5.74) is 5.23. The lowest BCUT2D eigenvalue weighted by atomic mass is 9.35. The summed E-state index contributed by atoms with van der Waals surface area (Å²) in [6.07, 6.45) is 0. The molecule has 8 aromatic rings. The molecular formula is C40H24B2O4S2. The van der Waals surface area contributed by atoms with Crippen molar-refractivity contribution in [1.82, 2.24) is 0 Å². The van der Waals surface area contributed by atoms with Gasteiger partial charge in [0.15, 0.2) is 0 Å². The predicted molar refractivity (Wildman–Crippen MR) is 196 cm³/mol. The third kappa shape index (κ3) is 3.56. The smallest absolute Gasteiger partial charge is 0.219 e. The van der Waals surface area contributed by atoms with Crippen molar-refractivity contribution in [3.05, 3.63) is 146 Å². The summed E-state index contributed by atoms with van der Waals surface area (Å²) in [4.78, 5) is 1.41. The second-order valence-electron chi connectivity index (χ2n) is 12.8. The van der Waals surface area contributed by atoms with E-state index in [0.29, 0.717) is 19.6 Å². The highest BCUT2D eigenvalue weighted by Crippen LogP contribution is 2.35. The van der Waals surface area contributed by atoms with Gasteiger partial charge in [-0.3, -0.25) is 0 Å². The molecule has 8 heteroatoms. The number of hydrogen-bond acceptors (Lipinski definition) is 4. The number of fused-ring (bicyclic) bond motifs is 4. The minimum atomic E-state index is -3.66. The van der Waals surface area contributed by atoms with Crippen molar-refractivity contribution >= 4 is 98.2 Å². The Morgan fingerprint density at radius 3 is 0.938 bits per heavy atom. The maximum Gasteiger partial charge on any atom is 0.245 e. The van der Waals surface area contributed by atoms with Gasteiger partial charge in [-0.15, -0.1) is 0 Å². The first-order valence-corrected chi connectivity index (χ1v) is 18.9. The van der Waals surface area contributed by atoms with Crippen molar-refractivity contribution in [2.75, 3.05) is 0 Å². The molecule has 226 valence electrons. The van der Waals surface area contributed by atoms with Gasteiger partial charge in [0.2, 0.25) is 33.1 Å². The van der Waals surface area contributed by atoms with Crippen molar-refractivity contribution in [2.45, 2.75) is 19.6 Å². The van der Waals surface area contributed by atoms with Crippen LogP contribution in [-0.2, 0) is 19.7 Å². The van der Waals surface area contributed by atoms with Gasteiger partial charge >= 0.3 is 0 Å². The fraction of sp³-hybridized carbons (Fsp3) is 0. The van der Waals surface area contributed by atoms with E-state index in [4.69, 9.17) is 0 Å². The Bertz CT molecular complexity index is 2600. The van der Waals surface area contributed by atoms with Crippen LogP contribution < -0.4 is 32.8 Å². The monoisotopic (exact) mass is 654 g/mol. The van der Waals surface area contributed by atoms with Gasteiger partial charge in [-0.1, -0.05) is 132 Å². The molecule has 0 N–H and O–H groups in total. The maximum atomic E-state index is 13.8. The summed E-state index contributed by atoms with van der Waals surface area (Å²) < 4.78 is 55.1. The molecule has 0 saturated heterocycles. The van der Waals surface area contributed by atoms with E-state index in [-0.39, 0.29) is 13.4 Å². The van der Waals surface area contributed by atoms with Gasteiger partial charge in [0.1, 0.15) is 0 Å². The Balaban J connectivity index is 1.28. The largest absolute Gasteiger partial charge is 0.245 e. The molecule has 0 unspecified atom stereocenters. The molecule has 0 fully saturated rings.